The number of Topliss-reactive ketones (excluding diaryl/α,β-unsaturated/α-hetero) is 1. The van der Waals surface area contributed by atoms with E-state index in [9.17, 15) is 32.3 Å². The zero-order chi connectivity index (χ0) is 39.7. The maximum absolute atomic E-state index is 14.3. The number of carbonyl (C=O) groups excluding carboxylic acids is 3. The summed E-state index contributed by atoms with van der Waals surface area (Å²) in [6.45, 7) is 11.5. The van der Waals surface area contributed by atoms with Crippen molar-refractivity contribution < 1.29 is 36.9 Å². The molecule has 0 radical (unpaired) electrons. The smallest absolute Gasteiger partial charge is 0.404 e. The van der Waals surface area contributed by atoms with Gasteiger partial charge in [-0.3, -0.25) is 19.0 Å². The molecule has 4 N–H and O–H groups in total. The molecule has 1 aromatic heterocycles. The van der Waals surface area contributed by atoms with Gasteiger partial charge in [0, 0.05) is 24.2 Å². The zero-order valence-corrected chi connectivity index (χ0v) is 31.7. The summed E-state index contributed by atoms with van der Waals surface area (Å²) >= 11 is 0. The van der Waals surface area contributed by atoms with Crippen LogP contribution in [-0.4, -0.2) is 52.0 Å². The molecule has 12 nitrogen and oxygen atoms in total. The van der Waals surface area contributed by atoms with Crippen molar-refractivity contribution in [2.24, 2.45) is 17.3 Å². The molecule has 3 heterocycles. The minimum Gasteiger partial charge on any atom is -0.404 e. The van der Waals surface area contributed by atoms with E-state index >= 15 is 0 Å². The van der Waals surface area contributed by atoms with Gasteiger partial charge in [0.15, 0.2) is 5.78 Å². The third kappa shape index (κ3) is 6.92. The molecule has 0 spiro atoms. The average Bonchev–Trinajstić information content (AvgIpc) is 3.64. The lowest BCUT2D eigenvalue weighted by Crippen LogP contribution is -2.65. The van der Waals surface area contributed by atoms with E-state index in [4.69, 9.17) is 9.31 Å². The number of alkyl halides is 3. The van der Waals surface area contributed by atoms with Crippen molar-refractivity contribution in [1.29, 1.82) is 0 Å². The Balaban J connectivity index is 1.14. The summed E-state index contributed by atoms with van der Waals surface area (Å²) in [5, 5.41) is 11.6. The molecule has 3 amide bonds. The fourth-order valence-electron chi connectivity index (χ4n) is 9.14. The molecule has 16 heteroatoms. The number of nitrogens with zero attached hydrogens (tertiary/aromatic N) is 2. The standard InChI is InChI=1S/C39H46BF3N6O6/c1-7-31(40-54-30-17-25-16-29(36(25,3)4)38(30,6)55-40)47-32(51)28-18-37(5,48-35(53)46-26-13-11-23(12-14-26)21(2)50)34-45-20-27(33(52)49(28)34)44-19-22-9-8-10-24(15-22)39(41,42)43/h8-15,20,25,28-31,44H,7,16-19H2,1-6H3,(H,47,51)(H2,46,48,53)/t25-,28-,29-,30+,31-,37+,38-/m0/s1. The van der Waals surface area contributed by atoms with Gasteiger partial charge >= 0.3 is 19.3 Å². The van der Waals surface area contributed by atoms with Crippen LogP contribution in [-0.2, 0) is 32.4 Å². The van der Waals surface area contributed by atoms with Crippen molar-refractivity contribution in [2.75, 3.05) is 10.6 Å². The van der Waals surface area contributed by atoms with E-state index in [2.05, 4.69) is 47.0 Å². The van der Waals surface area contributed by atoms with Crippen LogP contribution in [0.4, 0.5) is 29.3 Å². The van der Waals surface area contributed by atoms with Gasteiger partial charge in [0.25, 0.3) is 5.56 Å². The van der Waals surface area contributed by atoms with Crippen molar-refractivity contribution in [3.8, 4) is 0 Å². The number of hydrogen-bond acceptors (Lipinski definition) is 8. The molecule has 1 saturated heterocycles. The van der Waals surface area contributed by atoms with Crippen molar-refractivity contribution in [3.63, 3.8) is 0 Å². The molecule has 3 aromatic rings. The van der Waals surface area contributed by atoms with Gasteiger partial charge in [-0.1, -0.05) is 32.9 Å². The van der Waals surface area contributed by atoms with Crippen LogP contribution >= 0.6 is 0 Å². The van der Waals surface area contributed by atoms with E-state index in [1.807, 2.05) is 6.92 Å². The predicted octanol–water partition coefficient (Wildman–Crippen LogP) is 6.22. The Bertz CT molecular complexity index is 2080. The summed E-state index contributed by atoms with van der Waals surface area (Å²) in [7, 11) is -0.708. The maximum atomic E-state index is 14.3. The average molecular weight is 763 g/mol. The van der Waals surface area contributed by atoms with Gasteiger partial charge < -0.3 is 30.6 Å². The van der Waals surface area contributed by atoms with E-state index in [1.54, 1.807) is 31.2 Å². The quantitative estimate of drug-likeness (QED) is 0.140. The first kappa shape index (κ1) is 38.6. The van der Waals surface area contributed by atoms with Crippen molar-refractivity contribution in [1.82, 2.24) is 20.2 Å². The Kier molecular flexibility index (Phi) is 9.68. The first-order valence-corrected chi connectivity index (χ1v) is 18.7. The number of amides is 3. The van der Waals surface area contributed by atoms with Gasteiger partial charge in [0.2, 0.25) is 5.91 Å². The number of halogens is 3. The summed E-state index contributed by atoms with van der Waals surface area (Å²) in [4.78, 5) is 58.2. The molecule has 0 unspecified atom stereocenters. The van der Waals surface area contributed by atoms with Gasteiger partial charge in [0.05, 0.1) is 34.9 Å². The lowest BCUT2D eigenvalue weighted by Gasteiger charge is -2.64. The number of fused-ring (bicyclic) bond motifs is 1. The fourth-order valence-corrected chi connectivity index (χ4v) is 9.14. The van der Waals surface area contributed by atoms with E-state index in [0.717, 1.165) is 25.0 Å². The predicted molar refractivity (Wildman–Crippen MR) is 199 cm³/mol. The second-order valence-electron chi connectivity index (χ2n) is 16.3. The highest BCUT2D eigenvalue weighted by molar-refractivity contribution is 6.47. The van der Waals surface area contributed by atoms with Crippen molar-refractivity contribution >= 4 is 36.2 Å². The van der Waals surface area contributed by atoms with Crippen molar-refractivity contribution in [2.45, 2.75) is 109 Å². The minimum absolute atomic E-state index is 0.0358. The summed E-state index contributed by atoms with van der Waals surface area (Å²) in [5.41, 5.74) is -2.00. The Hall–Kier alpha value is -4.70. The minimum atomic E-state index is -4.54. The van der Waals surface area contributed by atoms with Crippen LogP contribution in [0.1, 0.15) is 101 Å². The van der Waals surface area contributed by atoms with Crippen LogP contribution in [0.3, 0.4) is 0 Å². The number of rotatable bonds is 10. The highest BCUT2D eigenvalue weighted by Gasteiger charge is 2.68. The number of benzene rings is 2. The molecule has 8 rings (SSSR count). The molecule has 7 atom stereocenters. The molecular weight excluding hydrogens is 716 g/mol. The van der Waals surface area contributed by atoms with Crippen LogP contribution in [0.15, 0.2) is 59.5 Å². The highest BCUT2D eigenvalue weighted by Crippen LogP contribution is 2.65. The first-order chi connectivity index (χ1) is 25.8. The monoisotopic (exact) mass is 762 g/mol. The van der Waals surface area contributed by atoms with Gasteiger partial charge in [-0.2, -0.15) is 13.2 Å². The largest absolute Gasteiger partial charge is 0.481 e. The third-order valence-electron chi connectivity index (χ3n) is 12.4. The molecule has 4 fully saturated rings. The summed E-state index contributed by atoms with van der Waals surface area (Å²) < 4.78 is 54.5. The van der Waals surface area contributed by atoms with Gasteiger partial charge in [0.1, 0.15) is 17.6 Å². The molecule has 2 bridgehead atoms. The summed E-state index contributed by atoms with van der Waals surface area (Å²) in [6, 6.07) is 9.32. The van der Waals surface area contributed by atoms with Crippen molar-refractivity contribution in [3.05, 3.63) is 87.6 Å². The lowest BCUT2D eigenvalue weighted by molar-refractivity contribution is -0.199. The second-order valence-corrected chi connectivity index (χ2v) is 16.3. The lowest BCUT2D eigenvalue weighted by atomic mass is 9.43. The number of aromatic nitrogens is 2. The molecular formula is C39H46BF3N6O6. The topological polar surface area (TPSA) is 153 Å². The van der Waals surface area contributed by atoms with E-state index in [0.29, 0.717) is 29.5 Å². The number of urea groups is 1. The Morgan fingerprint density at radius 1 is 1.07 bits per heavy atom. The number of carbonyl (C=O) groups is 3. The SMILES string of the molecule is CC[C@H](NC(=O)[C@@H]1C[C@@](C)(NC(=O)Nc2ccc(C(C)=O)cc2)c2ncc(NCc3cccc(C(F)(F)F)c3)c(=O)n21)B1O[C@@H]2C[C@@H]3C[C@@H](C3(C)C)[C@]2(C)O1. The third-order valence-corrected chi connectivity index (χ3v) is 12.4. The van der Waals surface area contributed by atoms with Gasteiger partial charge in [-0.05, 0) is 99.2 Å². The van der Waals surface area contributed by atoms with Crippen LogP contribution < -0.4 is 26.8 Å². The van der Waals surface area contributed by atoms with E-state index in [1.165, 1.54) is 29.8 Å². The molecule has 5 aliphatic rings. The summed E-state index contributed by atoms with van der Waals surface area (Å²) in [5.74, 6) is -0.201. The second kappa shape index (κ2) is 13.8. The van der Waals surface area contributed by atoms with Gasteiger partial charge in [-0.15, -0.1) is 0 Å². The van der Waals surface area contributed by atoms with Crippen LogP contribution in [0, 0.1) is 17.3 Å². The fraction of sp³-hybridized carbons (Fsp3) is 0.513. The molecule has 55 heavy (non-hydrogen) atoms. The first-order valence-electron chi connectivity index (χ1n) is 18.7. The maximum Gasteiger partial charge on any atom is 0.481 e. The van der Waals surface area contributed by atoms with Crippen LogP contribution in [0.5, 0.6) is 0 Å². The Morgan fingerprint density at radius 2 is 1.80 bits per heavy atom. The molecule has 2 aliphatic heterocycles. The zero-order valence-electron chi connectivity index (χ0n) is 31.7. The van der Waals surface area contributed by atoms with Crippen LogP contribution in [0.25, 0.3) is 0 Å². The number of ketones is 1. The van der Waals surface area contributed by atoms with Crippen LogP contribution in [0.2, 0.25) is 0 Å². The number of anilines is 2. The molecule has 292 valence electrons. The molecule has 2 aromatic carbocycles. The van der Waals surface area contributed by atoms with E-state index in [-0.39, 0.29) is 47.3 Å². The Morgan fingerprint density at radius 3 is 2.45 bits per heavy atom. The molecule has 3 aliphatic carbocycles. The molecule has 3 saturated carbocycles. The summed E-state index contributed by atoms with van der Waals surface area (Å²) in [6.07, 6.45) is -1.01. The normalized spacial score (nSPS) is 28.0. The van der Waals surface area contributed by atoms with E-state index < -0.39 is 59.5 Å². The number of nitrogens with one attached hydrogen (secondary N) is 4. The number of hydrogen-bond donors (Lipinski definition) is 4. The highest BCUT2D eigenvalue weighted by atomic mass is 19.4. The van der Waals surface area contributed by atoms with Gasteiger partial charge in [-0.25, -0.2) is 9.78 Å². The Labute approximate surface area is 317 Å².